The van der Waals surface area contributed by atoms with E-state index in [0.717, 1.165) is 31.0 Å². The number of nitrogens with one attached hydrogen (secondary N) is 2. The fraction of sp³-hybridized carbons (Fsp3) is 0.692. The van der Waals surface area contributed by atoms with Crippen LogP contribution in [-0.2, 0) is 0 Å². The quantitative estimate of drug-likeness (QED) is 0.618. The highest BCUT2D eigenvalue weighted by molar-refractivity contribution is 5.47. The molecule has 102 valence electrons. The van der Waals surface area contributed by atoms with Gasteiger partial charge in [-0.3, -0.25) is 0 Å². The van der Waals surface area contributed by atoms with E-state index >= 15 is 0 Å². The molecule has 0 fully saturated rings. The number of hydrogen-bond acceptors (Lipinski definition) is 5. The molecule has 0 bridgehead atoms. The number of nitrogens with zero attached hydrogens (tertiary/aromatic N) is 2. The molecule has 5 heteroatoms. The van der Waals surface area contributed by atoms with Gasteiger partial charge in [-0.25, -0.2) is 9.97 Å². The molecule has 0 saturated carbocycles. The molecule has 0 aliphatic heterocycles. The van der Waals surface area contributed by atoms with Crippen LogP contribution in [0.4, 0.5) is 11.6 Å². The van der Waals surface area contributed by atoms with Crippen LogP contribution in [0.15, 0.2) is 12.4 Å². The summed E-state index contributed by atoms with van der Waals surface area (Å²) in [5.74, 6) is 1.70. The predicted octanol–water partition coefficient (Wildman–Crippen LogP) is 2.23. The predicted molar refractivity (Wildman–Crippen MR) is 76.8 cm³/mol. The highest BCUT2D eigenvalue weighted by Gasteiger charge is 2.16. The highest BCUT2D eigenvalue weighted by Crippen LogP contribution is 2.17. The molecule has 18 heavy (non-hydrogen) atoms. The van der Waals surface area contributed by atoms with Crippen LogP contribution in [0, 0.1) is 0 Å². The summed E-state index contributed by atoms with van der Waals surface area (Å²) in [4.78, 5) is 8.43. The summed E-state index contributed by atoms with van der Waals surface area (Å²) in [6.07, 6.45) is 4.79. The average molecular weight is 251 g/mol. The Morgan fingerprint density at radius 2 is 2.00 bits per heavy atom. The Morgan fingerprint density at radius 3 is 2.67 bits per heavy atom. The van der Waals surface area contributed by atoms with Crippen molar-refractivity contribution in [2.75, 3.05) is 23.7 Å². The summed E-state index contributed by atoms with van der Waals surface area (Å²) in [6, 6.07) is 1.94. The van der Waals surface area contributed by atoms with E-state index in [1.165, 1.54) is 6.42 Å². The first kappa shape index (κ1) is 14.7. The molecule has 0 amide bonds. The topological polar surface area (TPSA) is 75.9 Å². The summed E-state index contributed by atoms with van der Waals surface area (Å²) in [6.45, 7) is 8.01. The minimum absolute atomic E-state index is 0.0518. The second-order valence-corrected chi connectivity index (χ2v) is 5.12. The third-order valence-electron chi connectivity index (χ3n) is 2.74. The normalized spacial score (nSPS) is 11.3. The molecule has 1 heterocycles. The Labute approximate surface area is 110 Å². The Kier molecular flexibility index (Phi) is 5.85. The van der Waals surface area contributed by atoms with Gasteiger partial charge < -0.3 is 16.4 Å². The first-order valence-corrected chi connectivity index (χ1v) is 6.61. The third-order valence-corrected chi connectivity index (χ3v) is 2.74. The molecule has 5 nitrogen and oxygen atoms in total. The maximum atomic E-state index is 5.59. The molecule has 0 saturated heterocycles. The monoisotopic (exact) mass is 251 g/mol. The van der Waals surface area contributed by atoms with Gasteiger partial charge >= 0.3 is 0 Å². The van der Waals surface area contributed by atoms with Crippen molar-refractivity contribution in [3.8, 4) is 0 Å². The second-order valence-electron chi connectivity index (χ2n) is 5.12. The zero-order valence-corrected chi connectivity index (χ0v) is 11.7. The first-order valence-electron chi connectivity index (χ1n) is 6.61. The van der Waals surface area contributed by atoms with Gasteiger partial charge in [0.05, 0.1) is 0 Å². The fourth-order valence-corrected chi connectivity index (χ4v) is 1.69. The van der Waals surface area contributed by atoms with Gasteiger partial charge in [0.1, 0.15) is 18.0 Å². The van der Waals surface area contributed by atoms with E-state index in [0.29, 0.717) is 6.54 Å². The molecule has 4 N–H and O–H groups in total. The minimum atomic E-state index is -0.0518. The second kappa shape index (κ2) is 7.16. The molecule has 0 aliphatic rings. The van der Waals surface area contributed by atoms with Crippen LogP contribution in [0.25, 0.3) is 0 Å². The number of nitrogens with two attached hydrogens (primary N) is 1. The van der Waals surface area contributed by atoms with Gasteiger partial charge in [0.15, 0.2) is 0 Å². The molecule has 0 radical (unpaired) electrons. The third kappa shape index (κ3) is 5.31. The van der Waals surface area contributed by atoms with Crippen molar-refractivity contribution >= 4 is 11.6 Å². The van der Waals surface area contributed by atoms with Crippen LogP contribution in [0.5, 0.6) is 0 Å². The van der Waals surface area contributed by atoms with Gasteiger partial charge in [-0.2, -0.15) is 0 Å². The minimum Gasteiger partial charge on any atom is -0.370 e. The standard InChI is InChI=1S/C13H25N5/c1-4-5-8-15-11-9-12(17-10-16-11)18-13(2,3)6-7-14/h9-10H,4-8,14H2,1-3H3,(H2,15,16,17,18). The van der Waals surface area contributed by atoms with Crippen LogP contribution in [0.2, 0.25) is 0 Å². The van der Waals surface area contributed by atoms with Crippen LogP contribution < -0.4 is 16.4 Å². The summed E-state index contributed by atoms with van der Waals surface area (Å²) < 4.78 is 0. The van der Waals surface area contributed by atoms with Gasteiger partial charge in [-0.1, -0.05) is 13.3 Å². The first-order chi connectivity index (χ1) is 8.57. The van der Waals surface area contributed by atoms with Crippen molar-refractivity contribution in [2.24, 2.45) is 5.73 Å². The Morgan fingerprint density at radius 1 is 1.28 bits per heavy atom. The molecule has 0 spiro atoms. The van der Waals surface area contributed by atoms with E-state index < -0.39 is 0 Å². The zero-order chi connectivity index (χ0) is 13.4. The Bertz CT molecular complexity index is 351. The van der Waals surface area contributed by atoms with Crippen LogP contribution in [0.3, 0.4) is 0 Å². The van der Waals surface area contributed by atoms with Gasteiger partial charge in [0, 0.05) is 18.2 Å². The summed E-state index contributed by atoms with van der Waals surface area (Å²) >= 11 is 0. The van der Waals surface area contributed by atoms with Crippen molar-refractivity contribution in [2.45, 2.75) is 45.6 Å². The van der Waals surface area contributed by atoms with Gasteiger partial charge in [0.25, 0.3) is 0 Å². The maximum absolute atomic E-state index is 5.59. The van der Waals surface area contributed by atoms with Gasteiger partial charge in [0.2, 0.25) is 0 Å². The van der Waals surface area contributed by atoms with Gasteiger partial charge in [-0.15, -0.1) is 0 Å². The Balaban J connectivity index is 2.58. The van der Waals surface area contributed by atoms with Crippen molar-refractivity contribution in [1.29, 1.82) is 0 Å². The lowest BCUT2D eigenvalue weighted by Crippen LogP contribution is -2.33. The number of aromatic nitrogens is 2. The lowest BCUT2D eigenvalue weighted by molar-refractivity contribution is 0.524. The molecule has 1 aromatic rings. The fourth-order valence-electron chi connectivity index (χ4n) is 1.69. The van der Waals surface area contributed by atoms with E-state index in [4.69, 9.17) is 5.73 Å². The van der Waals surface area contributed by atoms with Crippen LogP contribution in [-0.4, -0.2) is 28.6 Å². The number of anilines is 2. The highest BCUT2D eigenvalue weighted by atomic mass is 15.1. The van der Waals surface area contributed by atoms with Crippen LogP contribution in [0.1, 0.15) is 40.0 Å². The molecular formula is C13H25N5. The van der Waals surface area contributed by atoms with Crippen molar-refractivity contribution in [3.63, 3.8) is 0 Å². The lowest BCUT2D eigenvalue weighted by atomic mass is 10.0. The molecule has 0 atom stereocenters. The maximum Gasteiger partial charge on any atom is 0.131 e. The van der Waals surface area contributed by atoms with E-state index in [9.17, 15) is 0 Å². The summed E-state index contributed by atoms with van der Waals surface area (Å²) in [5, 5.41) is 6.67. The summed E-state index contributed by atoms with van der Waals surface area (Å²) in [5.41, 5.74) is 5.54. The van der Waals surface area contributed by atoms with Gasteiger partial charge in [-0.05, 0) is 33.2 Å². The smallest absolute Gasteiger partial charge is 0.131 e. The Hall–Kier alpha value is -1.36. The van der Waals surface area contributed by atoms with E-state index in [-0.39, 0.29) is 5.54 Å². The molecule has 0 unspecified atom stereocenters. The molecular weight excluding hydrogens is 226 g/mol. The molecule has 1 aromatic heterocycles. The van der Waals surface area contributed by atoms with E-state index in [2.05, 4.69) is 41.4 Å². The van der Waals surface area contributed by atoms with Crippen molar-refractivity contribution in [3.05, 3.63) is 12.4 Å². The number of hydrogen-bond donors (Lipinski definition) is 3. The van der Waals surface area contributed by atoms with E-state index in [1.807, 2.05) is 6.07 Å². The van der Waals surface area contributed by atoms with Crippen LogP contribution >= 0.6 is 0 Å². The SMILES string of the molecule is CCCCNc1cc(NC(C)(C)CCN)ncn1. The van der Waals surface area contributed by atoms with E-state index in [1.54, 1.807) is 6.33 Å². The lowest BCUT2D eigenvalue weighted by Gasteiger charge is -2.26. The largest absolute Gasteiger partial charge is 0.370 e. The number of unbranched alkanes of at least 4 members (excludes halogenated alkanes) is 1. The van der Waals surface area contributed by atoms with Crippen molar-refractivity contribution in [1.82, 2.24) is 9.97 Å². The molecule has 0 aliphatic carbocycles. The van der Waals surface area contributed by atoms with Crippen molar-refractivity contribution < 1.29 is 0 Å². The average Bonchev–Trinajstić information content (AvgIpc) is 2.29. The summed E-state index contributed by atoms with van der Waals surface area (Å²) in [7, 11) is 0. The molecule has 0 aromatic carbocycles. The molecule has 1 rings (SSSR count). The number of rotatable bonds is 8. The zero-order valence-electron chi connectivity index (χ0n) is 11.7.